The number of benzene rings is 3. The van der Waals surface area contributed by atoms with Crippen LogP contribution in [0.25, 0.3) is 27.6 Å². The predicted octanol–water partition coefficient (Wildman–Crippen LogP) is 4.07. The third-order valence-electron chi connectivity index (χ3n) is 3.91. The number of nitrogens with two attached hydrogens (primary N) is 1. The Hall–Kier alpha value is -2.21. The van der Waals surface area contributed by atoms with Crippen molar-refractivity contribution < 1.29 is 4.79 Å². The summed E-state index contributed by atoms with van der Waals surface area (Å²) in [5.41, 5.74) is 1.02. The molecule has 1 aliphatic heterocycles. The molecule has 4 rings (SSSR count). The van der Waals surface area contributed by atoms with E-state index in [4.69, 9.17) is 18.1 Å². The first-order valence-corrected chi connectivity index (χ1v) is 8.31. The van der Waals surface area contributed by atoms with E-state index in [2.05, 4.69) is 30.3 Å². The Kier molecular flexibility index (Phi) is 3.41. The Bertz CT molecular complexity index is 956. The molecule has 1 aliphatic rings. The molecule has 0 aromatic heterocycles. The van der Waals surface area contributed by atoms with E-state index in [1.165, 1.54) is 11.8 Å². The summed E-state index contributed by atoms with van der Waals surface area (Å²) < 4.78 is 0.380. The maximum Gasteiger partial charge on any atom is 0.280 e. The average Bonchev–Trinajstić information content (AvgIpc) is 2.81. The first-order valence-electron chi connectivity index (χ1n) is 7.08. The summed E-state index contributed by atoms with van der Waals surface area (Å²) in [4.78, 5) is 12.8. The van der Waals surface area contributed by atoms with Crippen molar-refractivity contribution in [1.82, 2.24) is 5.01 Å². The van der Waals surface area contributed by atoms with Gasteiger partial charge in [0.05, 0.1) is 4.91 Å². The number of carbonyl (C=O) groups is 1. The van der Waals surface area contributed by atoms with Crippen molar-refractivity contribution in [2.45, 2.75) is 0 Å². The van der Waals surface area contributed by atoms with Crippen LogP contribution >= 0.6 is 24.0 Å². The first kappa shape index (κ1) is 14.4. The van der Waals surface area contributed by atoms with Gasteiger partial charge in [0, 0.05) is 0 Å². The third-order valence-corrected chi connectivity index (χ3v) is 5.24. The van der Waals surface area contributed by atoms with E-state index in [-0.39, 0.29) is 5.91 Å². The van der Waals surface area contributed by atoms with Gasteiger partial charge in [0.15, 0.2) is 4.32 Å². The molecule has 3 aromatic carbocycles. The van der Waals surface area contributed by atoms with E-state index in [1.54, 1.807) is 0 Å². The standard InChI is InChI=1S/C18H12N2OS2/c19-20-17(21)16(23-18(20)22)10-15-13-7-3-1-5-11(13)9-12-6-2-4-8-14(12)15/h1-10H,19H2. The summed E-state index contributed by atoms with van der Waals surface area (Å²) in [6.45, 7) is 0. The Morgan fingerprint density at radius 1 is 1.00 bits per heavy atom. The van der Waals surface area contributed by atoms with Gasteiger partial charge in [-0.15, -0.1) is 0 Å². The minimum Gasteiger partial charge on any atom is -0.267 e. The van der Waals surface area contributed by atoms with Crippen LogP contribution in [-0.2, 0) is 4.79 Å². The van der Waals surface area contributed by atoms with Crippen LogP contribution in [0.1, 0.15) is 5.56 Å². The largest absolute Gasteiger partial charge is 0.280 e. The molecule has 2 N–H and O–H groups in total. The van der Waals surface area contributed by atoms with Crippen LogP contribution in [0.2, 0.25) is 0 Å². The highest BCUT2D eigenvalue weighted by molar-refractivity contribution is 8.26. The van der Waals surface area contributed by atoms with E-state index in [0.717, 1.165) is 32.1 Å². The van der Waals surface area contributed by atoms with Crippen LogP contribution in [0.5, 0.6) is 0 Å². The number of amides is 1. The number of thiocarbonyl (C=S) groups is 1. The van der Waals surface area contributed by atoms with Gasteiger partial charge in [-0.3, -0.25) is 4.79 Å². The summed E-state index contributed by atoms with van der Waals surface area (Å²) in [7, 11) is 0. The topological polar surface area (TPSA) is 46.3 Å². The SMILES string of the molecule is NN1C(=O)C(=Cc2c3ccccc3cc3ccccc23)SC1=S. The van der Waals surface area contributed by atoms with Gasteiger partial charge in [-0.1, -0.05) is 72.5 Å². The number of hydrogen-bond donors (Lipinski definition) is 1. The first-order chi connectivity index (χ1) is 11.1. The van der Waals surface area contributed by atoms with Crippen LogP contribution in [-0.4, -0.2) is 15.2 Å². The summed E-state index contributed by atoms with van der Waals surface area (Å²) in [5, 5.41) is 5.52. The van der Waals surface area contributed by atoms with Gasteiger partial charge in [0.2, 0.25) is 0 Å². The number of nitrogens with zero attached hydrogens (tertiary/aromatic N) is 1. The molecule has 0 bridgehead atoms. The normalized spacial score (nSPS) is 16.9. The molecule has 0 atom stereocenters. The lowest BCUT2D eigenvalue weighted by Crippen LogP contribution is -2.34. The van der Waals surface area contributed by atoms with Crippen molar-refractivity contribution in [1.29, 1.82) is 0 Å². The van der Waals surface area contributed by atoms with Gasteiger partial charge >= 0.3 is 0 Å². The van der Waals surface area contributed by atoms with Crippen LogP contribution < -0.4 is 5.84 Å². The van der Waals surface area contributed by atoms with Crippen molar-refractivity contribution in [2.75, 3.05) is 0 Å². The zero-order chi connectivity index (χ0) is 16.0. The Balaban J connectivity index is 2.04. The number of fused-ring (bicyclic) bond motifs is 2. The van der Waals surface area contributed by atoms with Crippen LogP contribution in [0.15, 0.2) is 59.5 Å². The highest BCUT2D eigenvalue weighted by Gasteiger charge is 2.30. The molecule has 23 heavy (non-hydrogen) atoms. The van der Waals surface area contributed by atoms with Crippen molar-refractivity contribution in [3.05, 3.63) is 65.1 Å². The minimum atomic E-state index is -0.253. The van der Waals surface area contributed by atoms with E-state index >= 15 is 0 Å². The average molecular weight is 336 g/mol. The fourth-order valence-electron chi connectivity index (χ4n) is 2.82. The fraction of sp³-hybridized carbons (Fsp3) is 0. The molecule has 1 fully saturated rings. The molecule has 0 saturated carbocycles. The van der Waals surface area contributed by atoms with Gasteiger partial charge in [-0.25, -0.2) is 10.9 Å². The molecular weight excluding hydrogens is 324 g/mol. The maximum absolute atomic E-state index is 12.2. The molecule has 0 aliphatic carbocycles. The zero-order valence-electron chi connectivity index (χ0n) is 12.0. The molecule has 0 unspecified atom stereocenters. The summed E-state index contributed by atoms with van der Waals surface area (Å²) in [6.07, 6.45) is 1.90. The van der Waals surface area contributed by atoms with Gasteiger partial charge in [0.1, 0.15) is 0 Å². The van der Waals surface area contributed by atoms with Crippen LogP contribution in [0, 0.1) is 0 Å². The zero-order valence-corrected chi connectivity index (χ0v) is 13.7. The second kappa shape index (κ2) is 5.45. The molecule has 1 amide bonds. The van der Waals surface area contributed by atoms with Gasteiger partial charge in [-0.2, -0.15) is 0 Å². The van der Waals surface area contributed by atoms with E-state index < -0.39 is 0 Å². The van der Waals surface area contributed by atoms with Crippen LogP contribution in [0.3, 0.4) is 0 Å². The molecule has 5 heteroatoms. The number of hydrogen-bond acceptors (Lipinski definition) is 4. The number of carbonyl (C=O) groups excluding carboxylic acids is 1. The van der Waals surface area contributed by atoms with E-state index in [1.807, 2.05) is 30.3 Å². The summed E-state index contributed by atoms with van der Waals surface area (Å²) in [6, 6.07) is 18.5. The molecule has 0 radical (unpaired) electrons. The highest BCUT2D eigenvalue weighted by Crippen LogP contribution is 2.35. The number of rotatable bonds is 1. The lowest BCUT2D eigenvalue weighted by molar-refractivity contribution is -0.122. The maximum atomic E-state index is 12.2. The smallest absolute Gasteiger partial charge is 0.267 e. The van der Waals surface area contributed by atoms with Gasteiger partial charge < -0.3 is 0 Å². The molecule has 0 spiro atoms. The third kappa shape index (κ3) is 2.34. The van der Waals surface area contributed by atoms with Gasteiger partial charge in [0.25, 0.3) is 5.91 Å². The highest BCUT2D eigenvalue weighted by atomic mass is 32.2. The molecule has 1 saturated heterocycles. The molecule has 112 valence electrons. The Morgan fingerprint density at radius 2 is 1.57 bits per heavy atom. The lowest BCUT2D eigenvalue weighted by Gasteiger charge is -2.09. The number of hydrazine groups is 1. The fourth-order valence-corrected chi connectivity index (χ4v) is 3.90. The Morgan fingerprint density at radius 3 is 2.09 bits per heavy atom. The second-order valence-corrected chi connectivity index (χ2v) is 6.96. The predicted molar refractivity (Wildman–Crippen MR) is 101 cm³/mol. The molecule has 1 heterocycles. The minimum absolute atomic E-state index is 0.253. The molecular formula is C18H12N2OS2. The van der Waals surface area contributed by atoms with Gasteiger partial charge in [-0.05, 0) is 39.3 Å². The van der Waals surface area contributed by atoms with Crippen LogP contribution in [0.4, 0.5) is 0 Å². The molecule has 3 nitrogen and oxygen atoms in total. The second-order valence-electron chi connectivity index (χ2n) is 5.28. The van der Waals surface area contributed by atoms with E-state index in [0.29, 0.717) is 9.23 Å². The monoisotopic (exact) mass is 336 g/mol. The molecule has 3 aromatic rings. The number of thioether (sulfide) groups is 1. The summed E-state index contributed by atoms with van der Waals surface area (Å²) in [5.74, 6) is 5.42. The lowest BCUT2D eigenvalue weighted by atomic mass is 9.96. The van der Waals surface area contributed by atoms with Crippen molar-refractivity contribution in [3.8, 4) is 0 Å². The summed E-state index contributed by atoms with van der Waals surface area (Å²) >= 11 is 6.34. The van der Waals surface area contributed by atoms with Crippen molar-refractivity contribution >= 4 is 61.8 Å². The quantitative estimate of drug-likeness (QED) is 0.239. The Labute approximate surface area is 142 Å². The van der Waals surface area contributed by atoms with E-state index in [9.17, 15) is 4.79 Å². The van der Waals surface area contributed by atoms with Crippen molar-refractivity contribution in [3.63, 3.8) is 0 Å². The van der Waals surface area contributed by atoms with Crippen molar-refractivity contribution in [2.24, 2.45) is 5.84 Å².